The normalized spacial score (nSPS) is 12.7. The molecule has 1 aliphatic heterocycles. The van der Waals surface area contributed by atoms with Crippen molar-refractivity contribution < 1.29 is 9.53 Å². The number of benzene rings is 1. The summed E-state index contributed by atoms with van der Waals surface area (Å²) in [6.45, 7) is 4.95. The minimum Gasteiger partial charge on any atom is -0.462 e. The third-order valence-corrected chi connectivity index (χ3v) is 3.44. The van der Waals surface area contributed by atoms with Gasteiger partial charge in [0.25, 0.3) is 0 Å². The number of rotatable bonds is 4. The number of carbonyl (C=O) groups excluding carboxylic acids is 1. The lowest BCUT2D eigenvalue weighted by Gasteiger charge is -2.16. The summed E-state index contributed by atoms with van der Waals surface area (Å²) in [6.07, 6.45) is 1.82. The Morgan fingerprint density at radius 1 is 1.24 bits per heavy atom. The van der Waals surface area contributed by atoms with Crippen molar-refractivity contribution in [2.75, 3.05) is 18.1 Å². The molecule has 1 aliphatic rings. The van der Waals surface area contributed by atoms with Crippen molar-refractivity contribution in [2.45, 2.75) is 20.0 Å². The van der Waals surface area contributed by atoms with E-state index >= 15 is 0 Å². The molecular formula is C15H18ClN3O2. The molecule has 0 aliphatic carbocycles. The van der Waals surface area contributed by atoms with E-state index < -0.39 is 0 Å². The van der Waals surface area contributed by atoms with Crippen LogP contribution in [0, 0.1) is 0 Å². The molecule has 0 bridgehead atoms. The van der Waals surface area contributed by atoms with Gasteiger partial charge < -0.3 is 9.64 Å². The predicted molar refractivity (Wildman–Crippen MR) is 82.9 cm³/mol. The van der Waals surface area contributed by atoms with Gasteiger partial charge in [-0.05, 0) is 24.6 Å². The highest BCUT2D eigenvalue weighted by atomic mass is 35.5. The molecule has 0 radical (unpaired) electrons. The molecule has 2 heterocycles. The predicted octanol–water partition coefficient (Wildman–Crippen LogP) is 2.50. The molecule has 21 heavy (non-hydrogen) atoms. The van der Waals surface area contributed by atoms with E-state index in [1.54, 1.807) is 0 Å². The molecule has 1 aromatic carbocycles. The van der Waals surface area contributed by atoms with E-state index in [1.165, 1.54) is 5.56 Å². The number of halogens is 1. The number of nitrogens with zero attached hydrogens (tertiary/aromatic N) is 3. The first kappa shape index (κ1) is 15.4. The fourth-order valence-corrected chi connectivity index (χ4v) is 2.44. The molecular weight excluding hydrogens is 290 g/mol. The van der Waals surface area contributed by atoms with Gasteiger partial charge in [-0.3, -0.25) is 0 Å². The lowest BCUT2D eigenvalue weighted by Crippen LogP contribution is -2.19. The highest BCUT2D eigenvalue weighted by Gasteiger charge is 2.19. The van der Waals surface area contributed by atoms with Crippen molar-refractivity contribution in [1.29, 1.82) is 0 Å². The molecule has 0 spiro atoms. The zero-order valence-electron chi connectivity index (χ0n) is 11.9. The zero-order chi connectivity index (χ0) is 13.9. The Labute approximate surface area is 129 Å². The summed E-state index contributed by atoms with van der Waals surface area (Å²) in [5, 5.41) is 4.26. The molecule has 6 heteroatoms. The average molecular weight is 308 g/mol. The van der Waals surface area contributed by atoms with Crippen molar-refractivity contribution in [3.05, 3.63) is 47.7 Å². The minimum absolute atomic E-state index is 0. The lowest BCUT2D eigenvalue weighted by molar-refractivity contribution is 0.0526. The fraction of sp³-hybridized carbons (Fsp3) is 0.333. The van der Waals surface area contributed by atoms with Crippen LogP contribution < -0.4 is 4.90 Å². The van der Waals surface area contributed by atoms with E-state index in [4.69, 9.17) is 4.74 Å². The van der Waals surface area contributed by atoms with Crippen molar-refractivity contribution in [3.8, 4) is 0 Å². The van der Waals surface area contributed by atoms with Crippen LogP contribution in [-0.4, -0.2) is 28.9 Å². The number of hydrogen-bond acceptors (Lipinski definition) is 4. The Hall–Kier alpha value is -2.01. The van der Waals surface area contributed by atoms with Gasteiger partial charge >= 0.3 is 5.97 Å². The first-order chi connectivity index (χ1) is 9.78. The van der Waals surface area contributed by atoms with E-state index in [-0.39, 0.29) is 18.4 Å². The molecule has 0 N–H and O–H groups in total. The SMILES string of the molecule is CCOC(=O)c1ccc(CN2CCn3nccc32)cc1.Cl. The van der Waals surface area contributed by atoms with Gasteiger partial charge in [0.05, 0.1) is 24.9 Å². The van der Waals surface area contributed by atoms with Crippen LogP contribution in [0.3, 0.4) is 0 Å². The van der Waals surface area contributed by atoms with Gasteiger partial charge in [0.1, 0.15) is 5.82 Å². The zero-order valence-corrected chi connectivity index (χ0v) is 12.7. The molecule has 0 fully saturated rings. The third kappa shape index (κ3) is 3.19. The minimum atomic E-state index is -0.265. The molecule has 0 saturated heterocycles. The highest BCUT2D eigenvalue weighted by molar-refractivity contribution is 5.89. The number of ether oxygens (including phenoxy) is 1. The quantitative estimate of drug-likeness (QED) is 0.814. The molecule has 3 rings (SSSR count). The van der Waals surface area contributed by atoms with Crippen molar-refractivity contribution in [3.63, 3.8) is 0 Å². The second kappa shape index (κ2) is 6.63. The van der Waals surface area contributed by atoms with Crippen LogP contribution in [0.15, 0.2) is 36.5 Å². The van der Waals surface area contributed by atoms with Gasteiger partial charge in [-0.15, -0.1) is 12.4 Å². The molecule has 0 amide bonds. The van der Waals surface area contributed by atoms with E-state index in [1.807, 2.05) is 48.1 Å². The Morgan fingerprint density at radius 2 is 2.00 bits per heavy atom. The van der Waals surface area contributed by atoms with Crippen LogP contribution in [0.4, 0.5) is 5.82 Å². The van der Waals surface area contributed by atoms with Crippen LogP contribution in [0.5, 0.6) is 0 Å². The van der Waals surface area contributed by atoms with Crippen LogP contribution in [0.2, 0.25) is 0 Å². The van der Waals surface area contributed by atoms with E-state index in [9.17, 15) is 4.79 Å². The summed E-state index contributed by atoms with van der Waals surface area (Å²) in [4.78, 5) is 13.9. The maximum absolute atomic E-state index is 11.6. The molecule has 0 saturated carbocycles. The molecule has 5 nitrogen and oxygen atoms in total. The van der Waals surface area contributed by atoms with Crippen molar-refractivity contribution in [1.82, 2.24) is 9.78 Å². The van der Waals surface area contributed by atoms with Crippen LogP contribution in [0.1, 0.15) is 22.8 Å². The largest absolute Gasteiger partial charge is 0.462 e. The van der Waals surface area contributed by atoms with E-state index in [2.05, 4.69) is 10.00 Å². The van der Waals surface area contributed by atoms with Crippen LogP contribution >= 0.6 is 12.4 Å². The average Bonchev–Trinajstić information content (AvgIpc) is 3.05. The smallest absolute Gasteiger partial charge is 0.338 e. The Bertz CT molecular complexity index is 610. The molecule has 0 atom stereocenters. The van der Waals surface area contributed by atoms with E-state index in [0.29, 0.717) is 12.2 Å². The first-order valence-electron chi connectivity index (χ1n) is 6.81. The number of fused-ring (bicyclic) bond motifs is 1. The standard InChI is InChI=1S/C15H17N3O2.ClH/c1-2-20-15(19)13-5-3-12(4-6-13)11-17-9-10-18-14(17)7-8-16-18;/h3-8H,2,9-11H2,1H3;1H. The Morgan fingerprint density at radius 3 is 2.71 bits per heavy atom. The summed E-state index contributed by atoms with van der Waals surface area (Å²) in [6, 6.07) is 9.62. The Kier molecular flexibility index (Phi) is 4.85. The summed E-state index contributed by atoms with van der Waals surface area (Å²) in [7, 11) is 0. The van der Waals surface area contributed by atoms with Gasteiger partial charge in [-0.1, -0.05) is 12.1 Å². The van der Waals surface area contributed by atoms with Crippen LogP contribution in [0.25, 0.3) is 0 Å². The van der Waals surface area contributed by atoms with E-state index in [0.717, 1.165) is 25.5 Å². The van der Waals surface area contributed by atoms with Gasteiger partial charge in [0.2, 0.25) is 0 Å². The van der Waals surface area contributed by atoms with Gasteiger partial charge in [0.15, 0.2) is 0 Å². The second-order valence-corrected chi connectivity index (χ2v) is 4.75. The molecule has 112 valence electrons. The highest BCUT2D eigenvalue weighted by Crippen LogP contribution is 2.22. The van der Waals surface area contributed by atoms with Crippen molar-refractivity contribution >= 4 is 24.2 Å². The van der Waals surface area contributed by atoms with Crippen molar-refractivity contribution in [2.24, 2.45) is 0 Å². The van der Waals surface area contributed by atoms with Gasteiger partial charge in [0, 0.05) is 19.2 Å². The maximum atomic E-state index is 11.6. The third-order valence-electron chi connectivity index (χ3n) is 3.44. The second-order valence-electron chi connectivity index (χ2n) is 4.75. The first-order valence-corrected chi connectivity index (χ1v) is 6.81. The maximum Gasteiger partial charge on any atom is 0.338 e. The molecule has 2 aromatic rings. The number of esters is 1. The number of hydrogen-bond donors (Lipinski definition) is 0. The molecule has 0 unspecified atom stereocenters. The topological polar surface area (TPSA) is 47.4 Å². The fourth-order valence-electron chi connectivity index (χ4n) is 2.44. The molecule has 1 aromatic heterocycles. The summed E-state index contributed by atoms with van der Waals surface area (Å²) in [5.74, 6) is 0.887. The van der Waals surface area contributed by atoms with Gasteiger partial charge in [-0.2, -0.15) is 5.10 Å². The Balaban J connectivity index is 0.00000161. The number of carbonyl (C=O) groups is 1. The lowest BCUT2D eigenvalue weighted by atomic mass is 10.1. The number of anilines is 1. The van der Waals surface area contributed by atoms with Crippen LogP contribution in [-0.2, 0) is 17.8 Å². The summed E-state index contributed by atoms with van der Waals surface area (Å²) < 4.78 is 6.98. The number of aromatic nitrogens is 2. The summed E-state index contributed by atoms with van der Waals surface area (Å²) >= 11 is 0. The van der Waals surface area contributed by atoms with Gasteiger partial charge in [-0.25, -0.2) is 9.48 Å². The summed E-state index contributed by atoms with van der Waals surface area (Å²) in [5.41, 5.74) is 1.77. The monoisotopic (exact) mass is 307 g/mol.